The van der Waals surface area contributed by atoms with Crippen LogP contribution in [0.2, 0.25) is 0 Å². The first-order chi connectivity index (χ1) is 7.47. The summed E-state index contributed by atoms with van der Waals surface area (Å²) in [5.41, 5.74) is 5.56. The fourth-order valence-electron chi connectivity index (χ4n) is 0.998. The SMILES string of the molecule is CCC(N)CNS(=O)(=O)c1ncccc1F. The highest BCUT2D eigenvalue weighted by molar-refractivity contribution is 7.89. The minimum Gasteiger partial charge on any atom is -0.327 e. The molecule has 7 heteroatoms. The van der Waals surface area contributed by atoms with Crippen LogP contribution in [0.5, 0.6) is 0 Å². The van der Waals surface area contributed by atoms with Gasteiger partial charge in [-0.2, -0.15) is 0 Å². The molecule has 1 heterocycles. The Labute approximate surface area is 93.9 Å². The van der Waals surface area contributed by atoms with E-state index in [1.165, 1.54) is 12.3 Å². The third-order valence-electron chi connectivity index (χ3n) is 2.04. The Morgan fingerprint density at radius 1 is 1.62 bits per heavy atom. The molecule has 16 heavy (non-hydrogen) atoms. The van der Waals surface area contributed by atoms with Gasteiger partial charge in [0.25, 0.3) is 10.0 Å². The smallest absolute Gasteiger partial charge is 0.261 e. The van der Waals surface area contributed by atoms with Gasteiger partial charge < -0.3 is 5.73 Å². The molecule has 0 aliphatic rings. The van der Waals surface area contributed by atoms with Crippen LogP contribution in [0.3, 0.4) is 0 Å². The van der Waals surface area contributed by atoms with Crippen LogP contribution in [0.25, 0.3) is 0 Å². The molecule has 0 aromatic carbocycles. The average Bonchev–Trinajstić information content (AvgIpc) is 2.26. The van der Waals surface area contributed by atoms with Crippen molar-refractivity contribution < 1.29 is 12.8 Å². The topological polar surface area (TPSA) is 85.1 Å². The lowest BCUT2D eigenvalue weighted by atomic mass is 10.2. The van der Waals surface area contributed by atoms with Crippen molar-refractivity contribution >= 4 is 10.0 Å². The molecule has 0 aliphatic carbocycles. The van der Waals surface area contributed by atoms with Crippen molar-refractivity contribution in [2.45, 2.75) is 24.4 Å². The number of nitrogens with zero attached hydrogens (tertiary/aromatic N) is 1. The summed E-state index contributed by atoms with van der Waals surface area (Å²) < 4.78 is 38.6. The molecule has 0 saturated carbocycles. The molecule has 0 fully saturated rings. The van der Waals surface area contributed by atoms with Crippen LogP contribution in [0.4, 0.5) is 4.39 Å². The number of sulfonamides is 1. The van der Waals surface area contributed by atoms with Gasteiger partial charge in [-0.3, -0.25) is 0 Å². The predicted octanol–water partition coefficient (Wildman–Crippen LogP) is 0.236. The van der Waals surface area contributed by atoms with Gasteiger partial charge in [0.2, 0.25) is 5.03 Å². The van der Waals surface area contributed by atoms with E-state index in [9.17, 15) is 12.8 Å². The van der Waals surface area contributed by atoms with Gasteiger partial charge in [0.15, 0.2) is 5.82 Å². The zero-order valence-corrected chi connectivity index (χ0v) is 9.67. The lowest BCUT2D eigenvalue weighted by molar-refractivity contribution is 0.536. The van der Waals surface area contributed by atoms with Crippen molar-refractivity contribution in [3.8, 4) is 0 Å². The van der Waals surface area contributed by atoms with Gasteiger partial charge in [0, 0.05) is 18.8 Å². The van der Waals surface area contributed by atoms with Crippen molar-refractivity contribution in [1.29, 1.82) is 0 Å². The van der Waals surface area contributed by atoms with Crippen molar-refractivity contribution in [1.82, 2.24) is 9.71 Å². The fraction of sp³-hybridized carbons (Fsp3) is 0.444. The van der Waals surface area contributed by atoms with Crippen LogP contribution in [-0.4, -0.2) is 26.0 Å². The lowest BCUT2D eigenvalue weighted by Gasteiger charge is -2.10. The summed E-state index contributed by atoms with van der Waals surface area (Å²) in [5.74, 6) is -0.875. The molecule has 1 rings (SSSR count). The summed E-state index contributed by atoms with van der Waals surface area (Å²) in [5, 5.41) is -0.599. The Bertz CT molecular complexity index is 450. The van der Waals surface area contributed by atoms with Gasteiger partial charge in [0.1, 0.15) is 0 Å². The van der Waals surface area contributed by atoms with Gasteiger partial charge in [-0.25, -0.2) is 22.5 Å². The van der Waals surface area contributed by atoms with Crippen LogP contribution in [0, 0.1) is 5.82 Å². The predicted molar refractivity (Wildman–Crippen MR) is 57.6 cm³/mol. The van der Waals surface area contributed by atoms with Gasteiger partial charge in [-0.15, -0.1) is 0 Å². The molecule has 5 nitrogen and oxygen atoms in total. The first-order valence-corrected chi connectivity index (χ1v) is 6.31. The van der Waals surface area contributed by atoms with Crippen molar-refractivity contribution in [3.63, 3.8) is 0 Å². The second kappa shape index (κ2) is 5.33. The Morgan fingerprint density at radius 2 is 2.31 bits per heavy atom. The maximum atomic E-state index is 13.2. The number of halogens is 1. The van der Waals surface area contributed by atoms with Crippen LogP contribution < -0.4 is 10.5 Å². The first-order valence-electron chi connectivity index (χ1n) is 4.83. The minimum atomic E-state index is -3.91. The summed E-state index contributed by atoms with van der Waals surface area (Å²) in [6.45, 7) is 1.90. The Morgan fingerprint density at radius 3 is 2.88 bits per heavy atom. The van der Waals surface area contributed by atoms with E-state index in [0.29, 0.717) is 6.42 Å². The summed E-state index contributed by atoms with van der Waals surface area (Å²) in [6, 6.07) is 2.08. The second-order valence-electron chi connectivity index (χ2n) is 3.31. The molecule has 3 N–H and O–H groups in total. The first kappa shape index (κ1) is 13.0. The number of hydrogen-bond donors (Lipinski definition) is 2. The third-order valence-corrected chi connectivity index (χ3v) is 3.40. The normalized spacial score (nSPS) is 13.7. The van der Waals surface area contributed by atoms with Crippen LogP contribution >= 0.6 is 0 Å². The molecule has 90 valence electrons. The zero-order valence-electron chi connectivity index (χ0n) is 8.85. The summed E-state index contributed by atoms with van der Waals surface area (Å²) in [6.07, 6.45) is 1.85. The summed E-state index contributed by atoms with van der Waals surface area (Å²) >= 11 is 0. The monoisotopic (exact) mass is 247 g/mol. The number of rotatable bonds is 5. The number of aromatic nitrogens is 1. The number of pyridine rings is 1. The molecular formula is C9H14FN3O2S. The maximum absolute atomic E-state index is 13.2. The fourth-order valence-corrected chi connectivity index (χ4v) is 2.09. The maximum Gasteiger partial charge on any atom is 0.261 e. The number of nitrogens with two attached hydrogens (primary N) is 1. The minimum absolute atomic E-state index is 0.0643. The van der Waals surface area contributed by atoms with E-state index >= 15 is 0 Å². The zero-order chi connectivity index (χ0) is 12.2. The molecule has 0 radical (unpaired) electrons. The number of hydrogen-bond acceptors (Lipinski definition) is 4. The number of nitrogens with one attached hydrogen (secondary N) is 1. The lowest BCUT2D eigenvalue weighted by Crippen LogP contribution is -2.37. The van der Waals surface area contributed by atoms with E-state index in [2.05, 4.69) is 9.71 Å². The molecule has 1 aromatic heterocycles. The highest BCUT2D eigenvalue weighted by atomic mass is 32.2. The van der Waals surface area contributed by atoms with E-state index in [-0.39, 0.29) is 12.6 Å². The Kier molecular flexibility index (Phi) is 4.34. The Hall–Kier alpha value is -1.05. The van der Waals surface area contributed by atoms with Crippen LogP contribution in [-0.2, 0) is 10.0 Å². The summed E-state index contributed by atoms with van der Waals surface area (Å²) in [4.78, 5) is 3.49. The van der Waals surface area contributed by atoms with E-state index in [0.717, 1.165) is 6.07 Å². The molecule has 0 saturated heterocycles. The van der Waals surface area contributed by atoms with E-state index in [1.54, 1.807) is 0 Å². The molecule has 0 aliphatic heterocycles. The standard InChI is InChI=1S/C9H14FN3O2S/c1-2-7(11)6-13-16(14,15)9-8(10)4-3-5-12-9/h3-5,7,13H,2,6,11H2,1H3. The van der Waals surface area contributed by atoms with Gasteiger partial charge in [-0.1, -0.05) is 6.92 Å². The second-order valence-corrected chi connectivity index (χ2v) is 4.99. The van der Waals surface area contributed by atoms with Crippen LogP contribution in [0.15, 0.2) is 23.4 Å². The van der Waals surface area contributed by atoms with Crippen LogP contribution in [0.1, 0.15) is 13.3 Å². The molecule has 0 amide bonds. The van der Waals surface area contributed by atoms with Crippen molar-refractivity contribution in [3.05, 3.63) is 24.1 Å². The molecule has 1 unspecified atom stereocenters. The highest BCUT2D eigenvalue weighted by Gasteiger charge is 2.20. The molecule has 1 atom stereocenters. The molecule has 1 aromatic rings. The quantitative estimate of drug-likeness (QED) is 0.780. The molecule has 0 spiro atoms. The molecule has 0 bridgehead atoms. The van der Waals surface area contributed by atoms with Crippen molar-refractivity contribution in [2.75, 3.05) is 6.54 Å². The van der Waals surface area contributed by atoms with Gasteiger partial charge in [0.05, 0.1) is 0 Å². The third kappa shape index (κ3) is 3.22. The van der Waals surface area contributed by atoms with E-state index in [1.807, 2.05) is 6.92 Å². The van der Waals surface area contributed by atoms with Gasteiger partial charge in [-0.05, 0) is 18.6 Å². The highest BCUT2D eigenvalue weighted by Crippen LogP contribution is 2.09. The van der Waals surface area contributed by atoms with Crippen molar-refractivity contribution in [2.24, 2.45) is 5.73 Å². The average molecular weight is 247 g/mol. The van der Waals surface area contributed by atoms with E-state index < -0.39 is 20.9 Å². The largest absolute Gasteiger partial charge is 0.327 e. The summed E-state index contributed by atoms with van der Waals surface area (Å²) in [7, 11) is -3.91. The van der Waals surface area contributed by atoms with E-state index in [4.69, 9.17) is 5.73 Å². The Balaban J connectivity index is 2.83. The van der Waals surface area contributed by atoms with Gasteiger partial charge >= 0.3 is 0 Å². The molecular weight excluding hydrogens is 233 g/mol.